The third kappa shape index (κ3) is 3.40. The molecular formula is C15H11ClFNO2. The monoisotopic (exact) mass is 291 g/mol. The van der Waals surface area contributed by atoms with Gasteiger partial charge < -0.3 is 9.47 Å². The molecular weight excluding hydrogens is 281 g/mol. The molecule has 2 rings (SSSR count). The van der Waals surface area contributed by atoms with Crippen molar-refractivity contribution in [2.24, 2.45) is 0 Å². The summed E-state index contributed by atoms with van der Waals surface area (Å²) in [5.41, 5.74) is 0.798. The van der Waals surface area contributed by atoms with E-state index in [9.17, 15) is 4.39 Å². The lowest BCUT2D eigenvalue weighted by molar-refractivity contribution is 0.297. The fourth-order valence-electron chi connectivity index (χ4n) is 1.64. The molecule has 0 radical (unpaired) electrons. The summed E-state index contributed by atoms with van der Waals surface area (Å²) in [7, 11) is 1.50. The first kappa shape index (κ1) is 14.2. The minimum absolute atomic E-state index is 0.0427. The Kier molecular flexibility index (Phi) is 4.44. The lowest BCUT2D eigenvalue weighted by Crippen LogP contribution is -1.99. The van der Waals surface area contributed by atoms with E-state index in [1.54, 1.807) is 30.3 Å². The summed E-state index contributed by atoms with van der Waals surface area (Å²) in [6.07, 6.45) is 0. The van der Waals surface area contributed by atoms with Crippen molar-refractivity contribution < 1.29 is 13.9 Å². The maximum atomic E-state index is 13.6. The molecule has 0 saturated heterocycles. The van der Waals surface area contributed by atoms with E-state index in [0.717, 1.165) is 0 Å². The standard InChI is InChI=1S/C15H11ClFNO2/c1-19-13-4-10(8-18)5-14(7-13)20-9-11-2-3-12(16)6-15(11)17/h2-7H,9H2,1H3. The van der Waals surface area contributed by atoms with E-state index in [1.807, 2.05) is 6.07 Å². The quantitative estimate of drug-likeness (QED) is 0.857. The highest BCUT2D eigenvalue weighted by atomic mass is 35.5. The van der Waals surface area contributed by atoms with Crippen molar-refractivity contribution in [3.8, 4) is 17.6 Å². The van der Waals surface area contributed by atoms with Crippen LogP contribution in [-0.4, -0.2) is 7.11 Å². The van der Waals surface area contributed by atoms with Crippen LogP contribution in [0.15, 0.2) is 36.4 Å². The van der Waals surface area contributed by atoms with Crippen molar-refractivity contribution in [2.45, 2.75) is 6.61 Å². The summed E-state index contributed by atoms with van der Waals surface area (Å²) in [5, 5.41) is 9.24. The Balaban J connectivity index is 2.16. The van der Waals surface area contributed by atoms with Crippen LogP contribution in [0, 0.1) is 17.1 Å². The summed E-state index contributed by atoms with van der Waals surface area (Å²) < 4.78 is 24.2. The fourth-order valence-corrected chi connectivity index (χ4v) is 1.80. The first-order valence-electron chi connectivity index (χ1n) is 5.78. The van der Waals surface area contributed by atoms with Gasteiger partial charge in [-0.2, -0.15) is 5.26 Å². The van der Waals surface area contributed by atoms with E-state index < -0.39 is 5.82 Å². The van der Waals surface area contributed by atoms with Gasteiger partial charge >= 0.3 is 0 Å². The summed E-state index contributed by atoms with van der Waals surface area (Å²) in [5.74, 6) is 0.520. The zero-order valence-corrected chi connectivity index (χ0v) is 11.4. The second-order valence-electron chi connectivity index (χ2n) is 4.03. The SMILES string of the molecule is COc1cc(C#N)cc(OCc2ccc(Cl)cc2F)c1. The van der Waals surface area contributed by atoms with Gasteiger partial charge in [0.2, 0.25) is 0 Å². The van der Waals surface area contributed by atoms with E-state index >= 15 is 0 Å². The fraction of sp³-hybridized carbons (Fsp3) is 0.133. The molecule has 0 aliphatic carbocycles. The largest absolute Gasteiger partial charge is 0.497 e. The van der Waals surface area contributed by atoms with Crippen LogP contribution >= 0.6 is 11.6 Å². The Bertz CT molecular complexity index is 667. The summed E-state index contributed by atoms with van der Waals surface area (Å²) in [4.78, 5) is 0. The van der Waals surface area contributed by atoms with Crippen molar-refractivity contribution in [3.63, 3.8) is 0 Å². The van der Waals surface area contributed by atoms with Crippen LogP contribution in [0.1, 0.15) is 11.1 Å². The number of hydrogen-bond acceptors (Lipinski definition) is 3. The highest BCUT2D eigenvalue weighted by Crippen LogP contribution is 2.24. The molecule has 3 nitrogen and oxygen atoms in total. The number of nitrogens with zero attached hydrogens (tertiary/aromatic N) is 1. The third-order valence-corrected chi connectivity index (χ3v) is 2.89. The molecule has 0 unspecified atom stereocenters. The number of ether oxygens (including phenoxy) is 2. The van der Waals surface area contributed by atoms with Crippen molar-refractivity contribution in [3.05, 3.63) is 58.4 Å². The van der Waals surface area contributed by atoms with Gasteiger partial charge in [0, 0.05) is 16.7 Å². The van der Waals surface area contributed by atoms with Crippen molar-refractivity contribution in [1.29, 1.82) is 5.26 Å². The molecule has 0 bridgehead atoms. The van der Waals surface area contributed by atoms with Gasteiger partial charge in [-0.15, -0.1) is 0 Å². The van der Waals surface area contributed by atoms with Crippen LogP contribution < -0.4 is 9.47 Å². The van der Waals surface area contributed by atoms with Crippen LogP contribution in [-0.2, 0) is 6.61 Å². The van der Waals surface area contributed by atoms with Crippen molar-refractivity contribution in [1.82, 2.24) is 0 Å². The van der Waals surface area contributed by atoms with E-state index in [-0.39, 0.29) is 6.61 Å². The zero-order chi connectivity index (χ0) is 14.5. The summed E-state index contributed by atoms with van der Waals surface area (Å²) in [6, 6.07) is 11.2. The Morgan fingerprint density at radius 2 is 1.95 bits per heavy atom. The van der Waals surface area contributed by atoms with Gasteiger partial charge in [-0.25, -0.2) is 4.39 Å². The van der Waals surface area contributed by atoms with E-state index in [2.05, 4.69) is 0 Å². The van der Waals surface area contributed by atoms with E-state index in [1.165, 1.54) is 13.2 Å². The molecule has 0 aliphatic rings. The molecule has 2 aromatic rings. The predicted molar refractivity (Wildman–Crippen MR) is 73.5 cm³/mol. The molecule has 0 aliphatic heterocycles. The molecule has 0 spiro atoms. The molecule has 0 N–H and O–H groups in total. The zero-order valence-electron chi connectivity index (χ0n) is 10.7. The van der Waals surface area contributed by atoms with E-state index in [4.69, 9.17) is 26.3 Å². The molecule has 20 heavy (non-hydrogen) atoms. The lowest BCUT2D eigenvalue weighted by Gasteiger charge is -2.09. The molecule has 2 aromatic carbocycles. The third-order valence-electron chi connectivity index (χ3n) is 2.65. The maximum absolute atomic E-state index is 13.6. The Morgan fingerprint density at radius 3 is 2.60 bits per heavy atom. The molecule has 0 aromatic heterocycles. The Hall–Kier alpha value is -2.25. The number of benzene rings is 2. The van der Waals surface area contributed by atoms with E-state index in [0.29, 0.717) is 27.6 Å². The first-order valence-corrected chi connectivity index (χ1v) is 6.16. The van der Waals surface area contributed by atoms with Crippen LogP contribution in [0.3, 0.4) is 0 Å². The number of halogens is 2. The van der Waals surface area contributed by atoms with Gasteiger partial charge in [-0.3, -0.25) is 0 Å². The highest BCUT2D eigenvalue weighted by molar-refractivity contribution is 6.30. The molecule has 5 heteroatoms. The lowest BCUT2D eigenvalue weighted by atomic mass is 10.2. The second kappa shape index (κ2) is 6.27. The predicted octanol–water partition coefficient (Wildman–Crippen LogP) is 3.94. The smallest absolute Gasteiger partial charge is 0.131 e. The average molecular weight is 292 g/mol. The second-order valence-corrected chi connectivity index (χ2v) is 4.47. The molecule has 0 atom stereocenters. The van der Waals surface area contributed by atoms with Gasteiger partial charge in [0.25, 0.3) is 0 Å². The molecule has 0 saturated carbocycles. The Morgan fingerprint density at radius 1 is 1.20 bits per heavy atom. The summed E-state index contributed by atoms with van der Waals surface area (Å²) >= 11 is 5.68. The molecule has 0 fully saturated rings. The Labute approximate surface area is 121 Å². The van der Waals surface area contributed by atoms with Gasteiger partial charge in [-0.1, -0.05) is 17.7 Å². The topological polar surface area (TPSA) is 42.2 Å². The van der Waals surface area contributed by atoms with Crippen LogP contribution in [0.2, 0.25) is 5.02 Å². The number of methoxy groups -OCH3 is 1. The minimum atomic E-state index is -0.430. The normalized spacial score (nSPS) is 9.90. The highest BCUT2D eigenvalue weighted by Gasteiger charge is 2.06. The molecule has 0 amide bonds. The summed E-state index contributed by atoms with van der Waals surface area (Å²) in [6.45, 7) is 0.0427. The van der Waals surface area contributed by atoms with Crippen LogP contribution in [0.25, 0.3) is 0 Å². The van der Waals surface area contributed by atoms with Gasteiger partial charge in [0.1, 0.15) is 23.9 Å². The minimum Gasteiger partial charge on any atom is -0.497 e. The molecule has 102 valence electrons. The van der Waals surface area contributed by atoms with Crippen molar-refractivity contribution in [2.75, 3.05) is 7.11 Å². The molecule has 0 heterocycles. The number of nitriles is 1. The van der Waals surface area contributed by atoms with Gasteiger partial charge in [0.05, 0.1) is 18.7 Å². The van der Waals surface area contributed by atoms with Crippen LogP contribution in [0.4, 0.5) is 4.39 Å². The average Bonchev–Trinajstić information content (AvgIpc) is 2.46. The maximum Gasteiger partial charge on any atom is 0.131 e. The first-order chi connectivity index (χ1) is 9.62. The van der Waals surface area contributed by atoms with Gasteiger partial charge in [-0.05, 0) is 24.3 Å². The van der Waals surface area contributed by atoms with Crippen molar-refractivity contribution >= 4 is 11.6 Å². The van der Waals surface area contributed by atoms with Crippen LogP contribution in [0.5, 0.6) is 11.5 Å². The number of hydrogen-bond donors (Lipinski definition) is 0. The number of rotatable bonds is 4. The van der Waals surface area contributed by atoms with Gasteiger partial charge in [0.15, 0.2) is 0 Å².